The fraction of sp³-hybridized carbons (Fsp3) is 0.235. The van der Waals surface area contributed by atoms with Crippen LogP contribution in [0.25, 0.3) is 10.8 Å². The van der Waals surface area contributed by atoms with E-state index in [4.69, 9.17) is 5.11 Å². The van der Waals surface area contributed by atoms with Gasteiger partial charge in [-0.2, -0.15) is 0 Å². The van der Waals surface area contributed by atoms with Crippen LogP contribution in [0.1, 0.15) is 38.3 Å². The molecule has 5 heteroatoms. The molecule has 1 N–H and O–H groups in total. The number of imide groups is 1. The van der Waals surface area contributed by atoms with Gasteiger partial charge in [-0.25, -0.2) is 0 Å². The first-order valence-electron chi connectivity index (χ1n) is 7.23. The highest BCUT2D eigenvalue weighted by atomic mass is 16.4. The number of hydrogen-bond acceptors (Lipinski definition) is 3. The van der Waals surface area contributed by atoms with Gasteiger partial charge >= 0.3 is 5.97 Å². The third kappa shape index (κ3) is 1.62. The number of amides is 2. The second-order valence-corrected chi connectivity index (χ2v) is 5.70. The molecule has 1 aliphatic heterocycles. The molecule has 0 bridgehead atoms. The van der Waals surface area contributed by atoms with Crippen molar-refractivity contribution in [2.45, 2.75) is 19.3 Å². The Balaban J connectivity index is 1.91. The van der Waals surface area contributed by atoms with Gasteiger partial charge in [0.2, 0.25) is 0 Å². The summed E-state index contributed by atoms with van der Waals surface area (Å²) >= 11 is 0. The van der Waals surface area contributed by atoms with Gasteiger partial charge in [0, 0.05) is 23.1 Å². The van der Waals surface area contributed by atoms with E-state index in [0.29, 0.717) is 11.1 Å². The van der Waals surface area contributed by atoms with Crippen LogP contribution in [0, 0.1) is 0 Å². The molecular weight excluding hydrogens is 282 g/mol. The van der Waals surface area contributed by atoms with Crippen molar-refractivity contribution < 1.29 is 19.5 Å². The fourth-order valence-corrected chi connectivity index (χ4v) is 3.48. The van der Waals surface area contributed by atoms with Crippen molar-refractivity contribution >= 4 is 28.6 Å². The molecule has 0 saturated heterocycles. The third-order valence-electron chi connectivity index (χ3n) is 4.50. The van der Waals surface area contributed by atoms with Crippen molar-refractivity contribution in [1.82, 2.24) is 4.90 Å². The Morgan fingerprint density at radius 1 is 0.955 bits per heavy atom. The van der Waals surface area contributed by atoms with Gasteiger partial charge in [-0.15, -0.1) is 0 Å². The lowest BCUT2D eigenvalue weighted by Crippen LogP contribution is -2.41. The van der Waals surface area contributed by atoms with Gasteiger partial charge in [0.25, 0.3) is 11.8 Å². The molecule has 2 aromatic rings. The number of carboxylic acids is 1. The fourth-order valence-electron chi connectivity index (χ4n) is 3.48. The van der Waals surface area contributed by atoms with Crippen LogP contribution in [0.4, 0.5) is 0 Å². The zero-order valence-electron chi connectivity index (χ0n) is 11.8. The van der Waals surface area contributed by atoms with E-state index in [9.17, 15) is 14.4 Å². The Labute approximate surface area is 126 Å². The predicted octanol–water partition coefficient (Wildman–Crippen LogP) is 2.01. The highest BCUT2D eigenvalue weighted by molar-refractivity contribution is 6.26. The molecule has 0 saturated carbocycles. The van der Waals surface area contributed by atoms with E-state index < -0.39 is 17.8 Å². The number of carbonyl (C=O) groups excluding carboxylic acids is 2. The minimum Gasteiger partial charge on any atom is -0.481 e. The summed E-state index contributed by atoms with van der Waals surface area (Å²) in [4.78, 5) is 36.9. The Morgan fingerprint density at radius 2 is 1.50 bits per heavy atom. The average molecular weight is 295 g/mol. The van der Waals surface area contributed by atoms with Crippen LogP contribution in [-0.4, -0.2) is 34.3 Å². The summed E-state index contributed by atoms with van der Waals surface area (Å²) in [6.07, 6.45) is 1.62. The quantitative estimate of drug-likeness (QED) is 0.879. The highest BCUT2D eigenvalue weighted by Gasteiger charge is 2.34. The number of benzene rings is 2. The SMILES string of the molecule is O=C(O)CCN1C(=O)c2ccc3c4c(ccc(c24)C1=O)CC3. The average Bonchev–Trinajstić information content (AvgIpc) is 2.91. The summed E-state index contributed by atoms with van der Waals surface area (Å²) in [6, 6.07) is 7.42. The third-order valence-corrected chi connectivity index (χ3v) is 4.50. The number of aliphatic carboxylic acids is 1. The summed E-state index contributed by atoms with van der Waals surface area (Å²) in [5, 5.41) is 10.6. The van der Waals surface area contributed by atoms with Gasteiger partial charge < -0.3 is 5.11 Å². The van der Waals surface area contributed by atoms with E-state index in [1.54, 1.807) is 12.1 Å². The lowest BCUT2D eigenvalue weighted by Gasteiger charge is -2.27. The van der Waals surface area contributed by atoms with E-state index in [1.807, 2.05) is 12.1 Å². The van der Waals surface area contributed by atoms with Crippen LogP contribution in [0.15, 0.2) is 24.3 Å². The summed E-state index contributed by atoms with van der Waals surface area (Å²) < 4.78 is 0. The molecule has 4 rings (SSSR count). The number of carbonyl (C=O) groups is 3. The molecule has 2 aliphatic rings. The summed E-state index contributed by atoms with van der Waals surface area (Å²) in [5.41, 5.74) is 3.36. The van der Waals surface area contributed by atoms with Gasteiger partial charge in [0.15, 0.2) is 0 Å². The van der Waals surface area contributed by atoms with Gasteiger partial charge in [-0.3, -0.25) is 19.3 Å². The maximum absolute atomic E-state index is 12.6. The topological polar surface area (TPSA) is 74.7 Å². The Hall–Kier alpha value is -2.69. The minimum atomic E-state index is -1.03. The zero-order valence-corrected chi connectivity index (χ0v) is 11.8. The molecular formula is C17H13NO4. The van der Waals surface area contributed by atoms with Crippen LogP contribution in [0.3, 0.4) is 0 Å². The minimum absolute atomic E-state index is 0.0998. The lowest BCUT2D eigenvalue weighted by molar-refractivity contribution is -0.137. The molecule has 0 atom stereocenters. The van der Waals surface area contributed by atoms with Gasteiger partial charge in [0.1, 0.15) is 0 Å². The first kappa shape index (κ1) is 13.0. The largest absolute Gasteiger partial charge is 0.481 e. The molecule has 1 heterocycles. The summed E-state index contributed by atoms with van der Waals surface area (Å²) in [6.45, 7) is -0.0998. The summed E-state index contributed by atoms with van der Waals surface area (Å²) in [5.74, 6) is -1.82. The van der Waals surface area contributed by atoms with Crippen molar-refractivity contribution in [1.29, 1.82) is 0 Å². The number of hydrogen-bond donors (Lipinski definition) is 1. The van der Waals surface area contributed by atoms with E-state index >= 15 is 0 Å². The lowest BCUT2D eigenvalue weighted by atomic mass is 9.91. The maximum Gasteiger partial charge on any atom is 0.305 e. The standard InChI is InChI=1S/C17H13NO4/c19-13(20)7-8-18-16(21)11-5-3-9-1-2-10-4-6-12(17(18)22)15(11)14(9)10/h3-6H,1-2,7-8H2,(H,19,20). The normalized spacial score (nSPS) is 15.7. The first-order chi connectivity index (χ1) is 10.6. The zero-order chi connectivity index (χ0) is 15.4. The molecule has 1 aliphatic carbocycles. The van der Waals surface area contributed by atoms with E-state index in [-0.39, 0.29) is 13.0 Å². The molecule has 2 aromatic carbocycles. The molecule has 0 aromatic heterocycles. The number of rotatable bonds is 3. The van der Waals surface area contributed by atoms with E-state index in [2.05, 4.69) is 0 Å². The molecule has 5 nitrogen and oxygen atoms in total. The van der Waals surface area contributed by atoms with Crippen LogP contribution in [-0.2, 0) is 17.6 Å². The van der Waals surface area contributed by atoms with Gasteiger partial charge in [0.05, 0.1) is 6.42 Å². The molecule has 2 amide bonds. The van der Waals surface area contributed by atoms with Crippen LogP contribution in [0.2, 0.25) is 0 Å². The molecule has 0 radical (unpaired) electrons. The Bertz CT molecular complexity index is 810. The number of carboxylic acid groups (broad SMARTS) is 1. The van der Waals surface area contributed by atoms with Crippen LogP contribution in [0.5, 0.6) is 0 Å². The second-order valence-electron chi connectivity index (χ2n) is 5.70. The van der Waals surface area contributed by atoms with Crippen molar-refractivity contribution in [3.05, 3.63) is 46.5 Å². The van der Waals surface area contributed by atoms with Crippen molar-refractivity contribution in [3.63, 3.8) is 0 Å². The monoisotopic (exact) mass is 295 g/mol. The Morgan fingerprint density at radius 3 is 2.00 bits per heavy atom. The van der Waals surface area contributed by atoms with E-state index in [1.165, 1.54) is 11.1 Å². The van der Waals surface area contributed by atoms with Gasteiger partial charge in [-0.05, 0) is 41.5 Å². The van der Waals surface area contributed by atoms with E-state index in [0.717, 1.165) is 28.5 Å². The number of nitrogens with zero attached hydrogens (tertiary/aromatic N) is 1. The second kappa shape index (κ2) is 4.40. The molecule has 22 heavy (non-hydrogen) atoms. The molecule has 0 unspecified atom stereocenters. The first-order valence-corrected chi connectivity index (χ1v) is 7.23. The van der Waals surface area contributed by atoms with Crippen molar-refractivity contribution in [2.75, 3.05) is 6.54 Å². The van der Waals surface area contributed by atoms with Gasteiger partial charge in [-0.1, -0.05) is 12.1 Å². The maximum atomic E-state index is 12.6. The predicted molar refractivity (Wildman–Crippen MR) is 79.0 cm³/mol. The summed E-state index contributed by atoms with van der Waals surface area (Å²) in [7, 11) is 0. The molecule has 110 valence electrons. The number of aryl methyl sites for hydroxylation is 2. The molecule has 0 spiro atoms. The van der Waals surface area contributed by atoms with Crippen LogP contribution >= 0.6 is 0 Å². The van der Waals surface area contributed by atoms with Crippen LogP contribution < -0.4 is 0 Å². The Kier molecular flexibility index (Phi) is 2.60. The van der Waals surface area contributed by atoms with Crippen molar-refractivity contribution in [3.8, 4) is 0 Å². The van der Waals surface area contributed by atoms with Crippen molar-refractivity contribution in [2.24, 2.45) is 0 Å². The molecule has 0 fully saturated rings. The smallest absolute Gasteiger partial charge is 0.305 e. The highest BCUT2D eigenvalue weighted by Crippen LogP contribution is 2.38.